The van der Waals surface area contributed by atoms with Gasteiger partial charge in [0.2, 0.25) is 5.91 Å². The van der Waals surface area contributed by atoms with E-state index >= 15 is 0 Å². The summed E-state index contributed by atoms with van der Waals surface area (Å²) in [4.78, 5) is 10.9. The van der Waals surface area contributed by atoms with Crippen molar-refractivity contribution in [2.24, 2.45) is 0 Å². The van der Waals surface area contributed by atoms with Crippen LogP contribution in [0.1, 0.15) is 25.5 Å². The Morgan fingerprint density at radius 2 is 2.12 bits per heavy atom. The van der Waals surface area contributed by atoms with Crippen LogP contribution in [0.5, 0.6) is 0 Å². The maximum atomic E-state index is 12.0. The average Bonchev–Trinajstić information content (AvgIpc) is 2.25. The molecule has 0 saturated heterocycles. The van der Waals surface area contributed by atoms with Crippen molar-refractivity contribution in [2.75, 3.05) is 11.9 Å². The normalized spacial score (nSPS) is 12.5. The molecule has 0 heterocycles. The lowest BCUT2D eigenvalue weighted by molar-refractivity contribution is -0.114. The summed E-state index contributed by atoms with van der Waals surface area (Å²) in [7, 11) is 0. The fraction of sp³-hybridized carbons (Fsp3) is 0.417. The fourth-order valence-corrected chi connectivity index (χ4v) is 1.47. The van der Waals surface area contributed by atoms with Gasteiger partial charge in [-0.1, -0.05) is 12.1 Å². The number of benzene rings is 1. The molecule has 0 aliphatic carbocycles. The van der Waals surface area contributed by atoms with Crippen molar-refractivity contribution in [3.05, 3.63) is 29.8 Å². The van der Waals surface area contributed by atoms with E-state index in [2.05, 4.69) is 10.6 Å². The molecule has 5 heteroatoms. The van der Waals surface area contributed by atoms with E-state index in [4.69, 9.17) is 0 Å². The molecule has 94 valence electrons. The van der Waals surface area contributed by atoms with Crippen molar-refractivity contribution in [1.82, 2.24) is 5.32 Å². The highest BCUT2D eigenvalue weighted by molar-refractivity contribution is 5.88. The van der Waals surface area contributed by atoms with Crippen LogP contribution in [0.2, 0.25) is 0 Å². The fourth-order valence-electron chi connectivity index (χ4n) is 1.47. The summed E-state index contributed by atoms with van der Waals surface area (Å²) in [6.07, 6.45) is -2.36. The lowest BCUT2D eigenvalue weighted by Gasteiger charge is -2.15. The monoisotopic (exact) mass is 242 g/mol. The Labute approximate surface area is 99.2 Å². The van der Waals surface area contributed by atoms with Crippen LogP contribution in [0, 0.1) is 0 Å². The number of hydrogen-bond acceptors (Lipinski definition) is 2. The minimum Gasteiger partial charge on any atom is -0.326 e. The third-order valence-corrected chi connectivity index (χ3v) is 2.29. The minimum absolute atomic E-state index is 0.157. The van der Waals surface area contributed by atoms with Crippen LogP contribution >= 0.6 is 0 Å². The van der Waals surface area contributed by atoms with Crippen LogP contribution in [0.25, 0.3) is 0 Å². The van der Waals surface area contributed by atoms with Gasteiger partial charge in [0, 0.05) is 18.7 Å². The second kappa shape index (κ2) is 6.30. The zero-order chi connectivity index (χ0) is 12.8. The molecular formula is C12H16F2N2O. The van der Waals surface area contributed by atoms with Gasteiger partial charge >= 0.3 is 0 Å². The number of rotatable bonds is 5. The van der Waals surface area contributed by atoms with Crippen molar-refractivity contribution < 1.29 is 13.6 Å². The summed E-state index contributed by atoms with van der Waals surface area (Å²) < 4.78 is 24.1. The topological polar surface area (TPSA) is 41.1 Å². The first-order valence-corrected chi connectivity index (χ1v) is 5.38. The molecule has 1 aromatic carbocycles. The van der Waals surface area contributed by atoms with Crippen molar-refractivity contribution >= 4 is 11.6 Å². The van der Waals surface area contributed by atoms with E-state index < -0.39 is 6.43 Å². The lowest BCUT2D eigenvalue weighted by atomic mass is 10.1. The second-order valence-corrected chi connectivity index (χ2v) is 3.83. The SMILES string of the molecule is CC(=O)Nc1cccc(C(C)NCC(F)F)c1. The van der Waals surface area contributed by atoms with Gasteiger partial charge in [0.15, 0.2) is 0 Å². The molecule has 0 aromatic heterocycles. The molecule has 1 aromatic rings. The molecule has 1 amide bonds. The van der Waals surface area contributed by atoms with Crippen molar-refractivity contribution in [3.63, 3.8) is 0 Å². The predicted octanol–water partition coefficient (Wildman–Crippen LogP) is 2.56. The Bertz CT molecular complexity index is 383. The van der Waals surface area contributed by atoms with Gasteiger partial charge in [-0.2, -0.15) is 0 Å². The van der Waals surface area contributed by atoms with Crippen LogP contribution < -0.4 is 10.6 Å². The minimum atomic E-state index is -2.36. The Hall–Kier alpha value is -1.49. The van der Waals surface area contributed by atoms with Crippen LogP contribution in [0.3, 0.4) is 0 Å². The number of carbonyl (C=O) groups excluding carboxylic acids is 1. The molecular weight excluding hydrogens is 226 g/mol. The summed E-state index contributed by atoms with van der Waals surface area (Å²) in [6, 6.07) is 6.95. The Morgan fingerprint density at radius 1 is 1.41 bits per heavy atom. The number of alkyl halides is 2. The third kappa shape index (κ3) is 4.91. The highest BCUT2D eigenvalue weighted by Gasteiger charge is 2.09. The van der Waals surface area contributed by atoms with Crippen LogP contribution in [0.15, 0.2) is 24.3 Å². The molecule has 0 radical (unpaired) electrons. The molecule has 1 atom stereocenters. The van der Waals surface area contributed by atoms with Gasteiger partial charge in [-0.3, -0.25) is 4.79 Å². The first-order chi connectivity index (χ1) is 7.99. The van der Waals surface area contributed by atoms with E-state index in [1.54, 1.807) is 25.1 Å². The van der Waals surface area contributed by atoms with Crippen LogP contribution in [-0.4, -0.2) is 18.9 Å². The van der Waals surface area contributed by atoms with E-state index in [9.17, 15) is 13.6 Å². The number of nitrogens with one attached hydrogen (secondary N) is 2. The summed E-state index contributed by atoms with van der Waals surface area (Å²) in [5, 5.41) is 5.37. The number of hydrogen-bond donors (Lipinski definition) is 2. The van der Waals surface area contributed by atoms with E-state index in [0.29, 0.717) is 5.69 Å². The van der Waals surface area contributed by atoms with E-state index in [-0.39, 0.29) is 18.5 Å². The number of halogens is 2. The highest BCUT2D eigenvalue weighted by atomic mass is 19.3. The largest absolute Gasteiger partial charge is 0.326 e. The van der Waals surface area contributed by atoms with E-state index in [1.165, 1.54) is 6.92 Å². The molecule has 2 N–H and O–H groups in total. The van der Waals surface area contributed by atoms with Crippen molar-refractivity contribution in [3.8, 4) is 0 Å². The van der Waals surface area contributed by atoms with Crippen molar-refractivity contribution in [2.45, 2.75) is 26.3 Å². The van der Waals surface area contributed by atoms with Gasteiger partial charge in [-0.15, -0.1) is 0 Å². The average molecular weight is 242 g/mol. The lowest BCUT2D eigenvalue weighted by Crippen LogP contribution is -2.24. The second-order valence-electron chi connectivity index (χ2n) is 3.83. The first kappa shape index (κ1) is 13.6. The highest BCUT2D eigenvalue weighted by Crippen LogP contribution is 2.17. The Balaban J connectivity index is 2.66. The van der Waals surface area contributed by atoms with E-state index in [1.807, 2.05) is 6.07 Å². The van der Waals surface area contributed by atoms with Gasteiger partial charge in [0.1, 0.15) is 0 Å². The van der Waals surface area contributed by atoms with Crippen molar-refractivity contribution in [1.29, 1.82) is 0 Å². The van der Waals surface area contributed by atoms with Gasteiger partial charge < -0.3 is 10.6 Å². The third-order valence-electron chi connectivity index (χ3n) is 2.29. The molecule has 0 aliphatic rings. The number of amides is 1. The molecule has 0 fully saturated rings. The molecule has 0 aliphatic heterocycles. The van der Waals surface area contributed by atoms with Gasteiger partial charge in [-0.05, 0) is 24.6 Å². The van der Waals surface area contributed by atoms with Crippen LogP contribution in [-0.2, 0) is 4.79 Å². The quantitative estimate of drug-likeness (QED) is 0.833. The molecule has 0 spiro atoms. The first-order valence-electron chi connectivity index (χ1n) is 5.38. The van der Waals surface area contributed by atoms with E-state index in [0.717, 1.165) is 5.56 Å². The molecule has 17 heavy (non-hydrogen) atoms. The summed E-state index contributed by atoms with van der Waals surface area (Å²) >= 11 is 0. The Morgan fingerprint density at radius 3 is 2.71 bits per heavy atom. The zero-order valence-electron chi connectivity index (χ0n) is 9.84. The summed E-state index contributed by atoms with van der Waals surface area (Å²) in [5.41, 5.74) is 1.53. The number of carbonyl (C=O) groups is 1. The maximum absolute atomic E-state index is 12.0. The molecule has 3 nitrogen and oxygen atoms in total. The molecule has 1 unspecified atom stereocenters. The maximum Gasteiger partial charge on any atom is 0.250 e. The van der Waals surface area contributed by atoms with Gasteiger partial charge in [0.05, 0.1) is 6.54 Å². The molecule has 0 bridgehead atoms. The van der Waals surface area contributed by atoms with Gasteiger partial charge in [-0.25, -0.2) is 8.78 Å². The molecule has 1 rings (SSSR count). The van der Waals surface area contributed by atoms with Gasteiger partial charge in [0.25, 0.3) is 6.43 Å². The predicted molar refractivity (Wildman–Crippen MR) is 63.2 cm³/mol. The van der Waals surface area contributed by atoms with Crippen LogP contribution in [0.4, 0.5) is 14.5 Å². The molecule has 0 saturated carbocycles. The Kier molecular flexibility index (Phi) is 5.03. The summed E-state index contributed by atoms with van der Waals surface area (Å²) in [6.45, 7) is 2.88. The summed E-state index contributed by atoms with van der Waals surface area (Å²) in [5.74, 6) is -0.157. The zero-order valence-corrected chi connectivity index (χ0v) is 9.84. The number of anilines is 1. The smallest absolute Gasteiger partial charge is 0.250 e. The standard InChI is InChI=1S/C12H16F2N2O/c1-8(15-7-12(13)14)10-4-3-5-11(6-10)16-9(2)17/h3-6,8,12,15H,7H2,1-2H3,(H,16,17).